The van der Waals surface area contributed by atoms with Gasteiger partial charge in [-0.25, -0.2) is 13.2 Å². The lowest BCUT2D eigenvalue weighted by Crippen LogP contribution is -2.44. The molecule has 9 nitrogen and oxygen atoms in total. The Labute approximate surface area is 202 Å². The number of carbonyl (C=O) groups is 3. The number of benzene rings is 2. The van der Waals surface area contributed by atoms with Crippen LogP contribution < -0.4 is 4.74 Å². The molecule has 2 aliphatic carbocycles. The molecular weight excluding hydrogens is 567 g/mol. The van der Waals surface area contributed by atoms with Crippen LogP contribution in [0.1, 0.15) is 16.8 Å². The molecule has 33 heavy (non-hydrogen) atoms. The number of hydrogen-bond donors (Lipinski definition) is 0. The molecule has 11 heteroatoms. The van der Waals surface area contributed by atoms with E-state index in [1.807, 2.05) is 6.07 Å². The molecule has 1 aliphatic heterocycles. The lowest BCUT2D eigenvalue weighted by Gasteiger charge is -2.30. The molecule has 0 amide bonds. The van der Waals surface area contributed by atoms with E-state index in [1.165, 1.54) is 12.1 Å². The Kier molecular flexibility index (Phi) is 5.45. The van der Waals surface area contributed by atoms with E-state index in [0.717, 1.165) is 15.7 Å². The zero-order valence-electron chi connectivity index (χ0n) is 16.8. The molecule has 3 fully saturated rings. The summed E-state index contributed by atoms with van der Waals surface area (Å²) >= 11 is 2.08. The van der Waals surface area contributed by atoms with Crippen molar-refractivity contribution in [2.24, 2.45) is 23.7 Å². The second kappa shape index (κ2) is 8.06. The molecule has 5 rings (SSSR count). The lowest BCUT2D eigenvalue weighted by molar-refractivity contribution is -0.149. The summed E-state index contributed by atoms with van der Waals surface area (Å²) in [6.07, 6.45) is -0.878. The second-order valence-corrected chi connectivity index (χ2v) is 10.9. The van der Waals surface area contributed by atoms with Crippen molar-refractivity contribution in [2.75, 3.05) is 0 Å². The third kappa shape index (κ3) is 3.91. The van der Waals surface area contributed by atoms with Gasteiger partial charge in [0.05, 0.1) is 22.3 Å². The maximum Gasteiger partial charge on any atom is 0.338 e. The van der Waals surface area contributed by atoms with Gasteiger partial charge in [0.25, 0.3) is 0 Å². The highest BCUT2D eigenvalue weighted by molar-refractivity contribution is 14.1. The van der Waals surface area contributed by atoms with Crippen LogP contribution in [-0.2, 0) is 29.2 Å². The van der Waals surface area contributed by atoms with Gasteiger partial charge >= 0.3 is 17.9 Å². The largest absolute Gasteiger partial charge is 0.744 e. The first-order valence-corrected chi connectivity index (χ1v) is 12.6. The molecule has 2 bridgehead atoms. The molecule has 172 valence electrons. The Hall–Kier alpha value is -2.51. The molecule has 1 heterocycles. The number of esters is 3. The Morgan fingerprint density at radius 2 is 1.82 bits per heavy atom. The Bertz CT molecular complexity index is 1260. The van der Waals surface area contributed by atoms with E-state index in [0.29, 0.717) is 12.0 Å². The summed E-state index contributed by atoms with van der Waals surface area (Å²) in [6.45, 7) is 0. The van der Waals surface area contributed by atoms with Gasteiger partial charge in [0.1, 0.15) is 28.1 Å². The number of hydrogen-bond acceptors (Lipinski definition) is 9. The van der Waals surface area contributed by atoms with Gasteiger partial charge in [-0.05, 0) is 71.5 Å². The molecule has 6 atom stereocenters. The van der Waals surface area contributed by atoms with Crippen molar-refractivity contribution in [3.8, 4) is 5.75 Å². The van der Waals surface area contributed by atoms with Gasteiger partial charge < -0.3 is 18.8 Å². The number of fused-ring (bicyclic) bond motifs is 1. The minimum absolute atomic E-state index is 0.0329. The van der Waals surface area contributed by atoms with E-state index in [-0.39, 0.29) is 11.7 Å². The van der Waals surface area contributed by atoms with Gasteiger partial charge in [0.2, 0.25) is 0 Å². The Morgan fingerprint density at radius 1 is 1.09 bits per heavy atom. The second-order valence-electron chi connectivity index (χ2n) is 8.24. The van der Waals surface area contributed by atoms with Crippen molar-refractivity contribution in [1.82, 2.24) is 0 Å². The summed E-state index contributed by atoms with van der Waals surface area (Å²) in [5, 5.41) is 0. The van der Waals surface area contributed by atoms with Crippen molar-refractivity contribution in [3.05, 3.63) is 57.7 Å². The fourth-order valence-corrected chi connectivity index (χ4v) is 6.15. The van der Waals surface area contributed by atoms with Gasteiger partial charge in [0, 0.05) is 15.4 Å². The van der Waals surface area contributed by atoms with Crippen molar-refractivity contribution in [3.63, 3.8) is 0 Å². The summed E-state index contributed by atoms with van der Waals surface area (Å²) in [4.78, 5) is 37.8. The highest BCUT2D eigenvalue weighted by atomic mass is 127. The number of rotatable bonds is 5. The predicted molar refractivity (Wildman–Crippen MR) is 117 cm³/mol. The quantitative estimate of drug-likeness (QED) is 0.225. The molecule has 2 aromatic rings. The molecule has 0 N–H and O–H groups in total. The SMILES string of the molecule is O=C(OC1C2CC3C1OC(=O)C3C2C(=O)Oc1ccc(S(=O)(=O)[O-])cc1)c1cccc(I)c1. The average molecular weight is 583 g/mol. The molecule has 2 saturated carbocycles. The van der Waals surface area contributed by atoms with Crippen LogP contribution in [0.4, 0.5) is 0 Å². The molecule has 6 unspecified atom stereocenters. The topological polar surface area (TPSA) is 136 Å². The molecule has 3 aliphatic rings. The molecular formula is C22H16IO9S-. The smallest absolute Gasteiger partial charge is 0.338 e. The van der Waals surface area contributed by atoms with Crippen molar-refractivity contribution < 1.29 is 41.6 Å². The normalized spacial score (nSPS) is 29.6. The van der Waals surface area contributed by atoms with E-state index in [9.17, 15) is 27.4 Å². The van der Waals surface area contributed by atoms with Gasteiger partial charge in [-0.2, -0.15) is 0 Å². The van der Waals surface area contributed by atoms with Crippen molar-refractivity contribution in [2.45, 2.75) is 23.5 Å². The van der Waals surface area contributed by atoms with Crippen LogP contribution in [-0.4, -0.2) is 43.1 Å². The Morgan fingerprint density at radius 3 is 2.48 bits per heavy atom. The number of ether oxygens (including phenoxy) is 3. The molecule has 0 spiro atoms. The first-order chi connectivity index (χ1) is 15.6. The van der Waals surface area contributed by atoms with Gasteiger partial charge in [-0.15, -0.1) is 0 Å². The maximum absolute atomic E-state index is 13.0. The van der Waals surface area contributed by atoms with Gasteiger partial charge in [0.15, 0.2) is 0 Å². The van der Waals surface area contributed by atoms with Crippen LogP contribution in [0.25, 0.3) is 0 Å². The molecule has 2 aromatic carbocycles. The molecule has 1 saturated heterocycles. The maximum atomic E-state index is 13.0. The van der Waals surface area contributed by atoms with Gasteiger partial charge in [-0.3, -0.25) is 9.59 Å². The summed E-state index contributed by atoms with van der Waals surface area (Å²) in [7, 11) is -4.63. The molecule has 0 radical (unpaired) electrons. The van der Waals surface area contributed by atoms with E-state index < -0.39 is 62.9 Å². The summed E-state index contributed by atoms with van der Waals surface area (Å²) in [5.41, 5.74) is 0.359. The van der Waals surface area contributed by atoms with Crippen LogP contribution in [0.15, 0.2) is 53.4 Å². The zero-order valence-corrected chi connectivity index (χ0v) is 19.7. The van der Waals surface area contributed by atoms with Crippen LogP contribution in [0.3, 0.4) is 0 Å². The van der Waals surface area contributed by atoms with E-state index in [1.54, 1.807) is 18.2 Å². The van der Waals surface area contributed by atoms with Crippen molar-refractivity contribution >= 4 is 50.6 Å². The monoisotopic (exact) mass is 583 g/mol. The van der Waals surface area contributed by atoms with Crippen LogP contribution in [0.5, 0.6) is 5.75 Å². The summed E-state index contributed by atoms with van der Waals surface area (Å²) < 4.78 is 50.7. The lowest BCUT2D eigenvalue weighted by atomic mass is 9.78. The average Bonchev–Trinajstić information content (AvgIpc) is 3.37. The van der Waals surface area contributed by atoms with Crippen molar-refractivity contribution in [1.29, 1.82) is 0 Å². The number of halogens is 1. The minimum atomic E-state index is -4.63. The number of carbonyl (C=O) groups excluding carboxylic acids is 3. The summed E-state index contributed by atoms with van der Waals surface area (Å²) in [6, 6.07) is 11.3. The van der Waals surface area contributed by atoms with Crippen LogP contribution >= 0.6 is 22.6 Å². The Balaban J connectivity index is 1.35. The van der Waals surface area contributed by atoms with Crippen LogP contribution in [0, 0.1) is 27.2 Å². The first-order valence-electron chi connectivity index (χ1n) is 10.1. The summed E-state index contributed by atoms with van der Waals surface area (Å²) in [5.74, 6) is -3.98. The minimum Gasteiger partial charge on any atom is -0.744 e. The highest BCUT2D eigenvalue weighted by Crippen LogP contribution is 2.59. The highest BCUT2D eigenvalue weighted by Gasteiger charge is 2.70. The van der Waals surface area contributed by atoms with E-state index >= 15 is 0 Å². The predicted octanol–water partition coefficient (Wildman–Crippen LogP) is 2.13. The fraction of sp³-hybridized carbons (Fsp3) is 0.318. The van der Waals surface area contributed by atoms with E-state index in [2.05, 4.69) is 22.6 Å². The fourth-order valence-electron chi connectivity index (χ4n) is 5.13. The first kappa shape index (κ1) is 22.3. The van der Waals surface area contributed by atoms with E-state index in [4.69, 9.17) is 14.2 Å². The van der Waals surface area contributed by atoms with Gasteiger partial charge in [-0.1, -0.05) is 6.07 Å². The third-order valence-electron chi connectivity index (χ3n) is 6.45. The third-order valence-corrected chi connectivity index (χ3v) is 7.97. The van der Waals surface area contributed by atoms with Crippen LogP contribution in [0.2, 0.25) is 0 Å². The zero-order chi connectivity index (χ0) is 23.5. The standard InChI is InChI=1S/C22H17IO9S/c23-11-3-1-2-10(8-11)20(24)31-18-14-9-15-17(22(26)32-19(15)18)16(14)21(25)30-12-4-6-13(7-5-12)33(27,28)29/h1-8,14-19H,9H2,(H,27,28,29)/p-1. The molecule has 0 aromatic heterocycles.